The van der Waals surface area contributed by atoms with Gasteiger partial charge in [-0.05, 0) is 55.8 Å². The maximum atomic E-state index is 12.8. The number of azo groups is 1. The van der Waals surface area contributed by atoms with Gasteiger partial charge >= 0.3 is 5.56 Å². The Bertz CT molecular complexity index is 1280. The fourth-order valence-corrected chi connectivity index (χ4v) is 3.66. The molecule has 4 rings (SSSR count). The molecule has 0 bridgehead atoms. The molecule has 9 heteroatoms. The van der Waals surface area contributed by atoms with Gasteiger partial charge in [0.15, 0.2) is 5.69 Å². The van der Waals surface area contributed by atoms with Gasteiger partial charge in [-0.1, -0.05) is 6.07 Å². The molecule has 0 saturated carbocycles. The van der Waals surface area contributed by atoms with Crippen molar-refractivity contribution in [3.8, 4) is 27.9 Å². The molecule has 0 unspecified atom stereocenters. The first kappa shape index (κ1) is 19.6. The first-order chi connectivity index (χ1) is 14.5. The number of hydrogen-bond donors (Lipinski definition) is 2. The van der Waals surface area contributed by atoms with Crippen molar-refractivity contribution in [2.75, 3.05) is 7.11 Å². The molecule has 30 heavy (non-hydrogen) atoms. The van der Waals surface area contributed by atoms with Crippen LogP contribution in [-0.4, -0.2) is 27.0 Å². The van der Waals surface area contributed by atoms with Crippen molar-refractivity contribution in [1.82, 2.24) is 14.8 Å². The van der Waals surface area contributed by atoms with Crippen molar-refractivity contribution in [2.24, 2.45) is 10.2 Å². The van der Waals surface area contributed by atoms with E-state index in [1.54, 1.807) is 26.2 Å². The maximum Gasteiger partial charge on any atom is 0.301 e. The summed E-state index contributed by atoms with van der Waals surface area (Å²) >= 11 is 1.34. The summed E-state index contributed by atoms with van der Waals surface area (Å²) in [7, 11) is 1.62. The normalized spacial score (nSPS) is 11.3. The molecule has 2 N–H and O–H groups in total. The Morgan fingerprint density at radius 2 is 1.90 bits per heavy atom. The van der Waals surface area contributed by atoms with E-state index in [-0.39, 0.29) is 17.0 Å². The van der Waals surface area contributed by atoms with Gasteiger partial charge in [-0.15, -0.1) is 21.6 Å². The number of nitrogens with zero attached hydrogens (tertiary/aromatic N) is 4. The number of nitrogens with one attached hydrogen (secondary N) is 1. The molecule has 0 atom stereocenters. The lowest BCUT2D eigenvalue weighted by molar-refractivity contribution is 0.415. The Balaban J connectivity index is 1.64. The van der Waals surface area contributed by atoms with Gasteiger partial charge in [0.05, 0.1) is 18.5 Å². The van der Waals surface area contributed by atoms with E-state index < -0.39 is 0 Å². The molecule has 4 aromatic rings. The van der Waals surface area contributed by atoms with Gasteiger partial charge < -0.3 is 9.84 Å². The number of rotatable bonds is 5. The van der Waals surface area contributed by atoms with Crippen molar-refractivity contribution in [3.05, 3.63) is 69.5 Å². The van der Waals surface area contributed by atoms with Crippen molar-refractivity contribution in [3.63, 3.8) is 0 Å². The highest BCUT2D eigenvalue weighted by molar-refractivity contribution is 7.12. The van der Waals surface area contributed by atoms with Crippen molar-refractivity contribution >= 4 is 22.7 Å². The number of phenols is 1. The molecule has 2 heterocycles. The lowest BCUT2D eigenvalue weighted by Crippen LogP contribution is -2.13. The third-order valence-electron chi connectivity index (χ3n) is 4.50. The zero-order chi connectivity index (χ0) is 21.3. The van der Waals surface area contributed by atoms with Gasteiger partial charge in [0.2, 0.25) is 5.13 Å². The van der Waals surface area contributed by atoms with Crippen LogP contribution in [0.5, 0.6) is 11.5 Å². The summed E-state index contributed by atoms with van der Waals surface area (Å²) in [5.41, 5.74) is 3.23. The lowest BCUT2D eigenvalue weighted by Gasteiger charge is -2.00. The Morgan fingerprint density at radius 1 is 1.13 bits per heavy atom. The van der Waals surface area contributed by atoms with Gasteiger partial charge in [0.25, 0.3) is 0 Å². The zero-order valence-corrected chi connectivity index (χ0v) is 17.4. The average Bonchev–Trinajstić information content (AvgIpc) is 3.33. The van der Waals surface area contributed by atoms with E-state index in [0.29, 0.717) is 16.5 Å². The number of methoxy groups -OCH3 is 1. The molecule has 0 spiro atoms. The third kappa shape index (κ3) is 3.74. The molecule has 0 amide bonds. The fraction of sp³-hybridized carbons (Fsp3) is 0.143. The van der Waals surface area contributed by atoms with Gasteiger partial charge in [0, 0.05) is 10.9 Å². The van der Waals surface area contributed by atoms with E-state index in [4.69, 9.17) is 4.74 Å². The Labute approximate surface area is 176 Å². The molecular weight excluding hydrogens is 402 g/mol. The van der Waals surface area contributed by atoms with Crippen LogP contribution in [0.2, 0.25) is 0 Å². The summed E-state index contributed by atoms with van der Waals surface area (Å²) in [6.07, 6.45) is 0. The van der Waals surface area contributed by atoms with E-state index in [1.807, 2.05) is 42.6 Å². The molecule has 0 radical (unpaired) electrons. The Morgan fingerprint density at radius 3 is 2.60 bits per heavy atom. The predicted molar refractivity (Wildman–Crippen MR) is 116 cm³/mol. The molecular formula is C21H19N5O3S. The summed E-state index contributed by atoms with van der Waals surface area (Å²) in [6.45, 7) is 3.60. The molecule has 0 aliphatic heterocycles. The van der Waals surface area contributed by atoms with Crippen LogP contribution in [0.4, 0.5) is 11.4 Å². The monoisotopic (exact) mass is 421 g/mol. The second kappa shape index (κ2) is 7.96. The maximum absolute atomic E-state index is 12.8. The SMILES string of the molecule is COc1ccc(-c2csc(-n3[nH]c(C)c(N=Nc4ccc(C)cc4O)c3=O)n2)cc1. The second-order valence-electron chi connectivity index (χ2n) is 6.66. The molecule has 0 aliphatic rings. The molecule has 2 aromatic carbocycles. The van der Waals surface area contributed by atoms with Crippen LogP contribution in [0.15, 0.2) is 62.9 Å². The van der Waals surface area contributed by atoms with E-state index >= 15 is 0 Å². The summed E-state index contributed by atoms with van der Waals surface area (Å²) in [5.74, 6) is 0.774. The fourth-order valence-electron chi connectivity index (χ4n) is 2.87. The number of ether oxygens (including phenoxy) is 1. The number of benzene rings is 2. The number of aromatic nitrogens is 3. The van der Waals surface area contributed by atoms with E-state index in [0.717, 1.165) is 22.6 Å². The average molecular weight is 421 g/mol. The number of thiazole rings is 1. The van der Waals surface area contributed by atoms with Gasteiger partial charge in [-0.3, -0.25) is 9.89 Å². The molecule has 0 aliphatic carbocycles. The molecule has 0 saturated heterocycles. The van der Waals surface area contributed by atoms with Crippen LogP contribution in [0.3, 0.4) is 0 Å². The van der Waals surface area contributed by atoms with Crippen molar-refractivity contribution < 1.29 is 9.84 Å². The highest BCUT2D eigenvalue weighted by Crippen LogP contribution is 2.29. The Hall–Kier alpha value is -3.72. The van der Waals surface area contributed by atoms with Crippen LogP contribution in [0.25, 0.3) is 16.4 Å². The third-order valence-corrected chi connectivity index (χ3v) is 5.32. The molecule has 8 nitrogen and oxygen atoms in total. The van der Waals surface area contributed by atoms with E-state index in [2.05, 4.69) is 20.3 Å². The Kier molecular flexibility index (Phi) is 5.20. The smallest absolute Gasteiger partial charge is 0.301 e. The van der Waals surface area contributed by atoms with Crippen LogP contribution < -0.4 is 10.3 Å². The lowest BCUT2D eigenvalue weighted by atomic mass is 10.2. The van der Waals surface area contributed by atoms with Gasteiger partial charge in [-0.25, -0.2) is 4.98 Å². The summed E-state index contributed by atoms with van der Waals surface area (Å²) in [6, 6.07) is 12.6. The summed E-state index contributed by atoms with van der Waals surface area (Å²) in [4.78, 5) is 17.4. The number of aryl methyl sites for hydroxylation is 2. The number of aromatic amines is 1. The number of H-pyrrole nitrogens is 1. The number of phenolic OH excluding ortho intramolecular Hbond substituents is 1. The minimum absolute atomic E-state index is 0.0105. The van der Waals surface area contributed by atoms with Gasteiger partial charge in [0.1, 0.15) is 17.2 Å². The minimum atomic E-state index is -0.363. The topological polar surface area (TPSA) is 105 Å². The van der Waals surface area contributed by atoms with Crippen LogP contribution in [0, 0.1) is 13.8 Å². The minimum Gasteiger partial charge on any atom is -0.506 e. The first-order valence-corrected chi connectivity index (χ1v) is 9.97. The molecule has 2 aromatic heterocycles. The summed E-state index contributed by atoms with van der Waals surface area (Å²) in [5, 5.41) is 23.4. The highest BCUT2D eigenvalue weighted by atomic mass is 32.1. The van der Waals surface area contributed by atoms with E-state index in [9.17, 15) is 9.90 Å². The first-order valence-electron chi connectivity index (χ1n) is 9.09. The zero-order valence-electron chi connectivity index (χ0n) is 16.6. The second-order valence-corrected chi connectivity index (χ2v) is 7.50. The summed E-state index contributed by atoms with van der Waals surface area (Å²) < 4.78 is 6.52. The highest BCUT2D eigenvalue weighted by Gasteiger charge is 2.15. The number of aromatic hydroxyl groups is 1. The van der Waals surface area contributed by atoms with E-state index in [1.165, 1.54) is 16.0 Å². The van der Waals surface area contributed by atoms with Crippen LogP contribution in [-0.2, 0) is 0 Å². The quantitative estimate of drug-likeness (QED) is 0.441. The largest absolute Gasteiger partial charge is 0.506 e. The van der Waals surface area contributed by atoms with Crippen molar-refractivity contribution in [1.29, 1.82) is 0 Å². The molecule has 152 valence electrons. The standard InChI is InChI=1S/C21H19N5O3S/c1-12-4-9-16(18(27)10-12)23-24-19-13(2)25-26(20(19)28)21-22-17(11-30-21)14-5-7-15(29-3)8-6-14/h4-11,25,27H,1-3H3. The number of hydrogen-bond acceptors (Lipinski definition) is 7. The predicted octanol–water partition coefficient (Wildman–Crippen LogP) is 5.04. The van der Waals surface area contributed by atoms with Crippen molar-refractivity contribution in [2.45, 2.75) is 13.8 Å². The molecule has 0 fully saturated rings. The van der Waals surface area contributed by atoms with Crippen LogP contribution in [0.1, 0.15) is 11.3 Å². The van der Waals surface area contributed by atoms with Gasteiger partial charge in [-0.2, -0.15) is 4.68 Å². The van der Waals surface area contributed by atoms with Crippen LogP contribution >= 0.6 is 11.3 Å².